The molecule has 27 heavy (non-hydrogen) atoms. The van der Waals surface area contributed by atoms with Crippen molar-refractivity contribution in [3.05, 3.63) is 54.0 Å². The molecule has 1 aliphatic heterocycles. The minimum Gasteiger partial charge on any atom is -0.467 e. The predicted molar refractivity (Wildman–Crippen MR) is 95.0 cm³/mol. The smallest absolute Gasteiger partial charge is 0.225 e. The summed E-state index contributed by atoms with van der Waals surface area (Å²) in [7, 11) is 0. The van der Waals surface area contributed by atoms with Crippen LogP contribution in [0.5, 0.6) is 0 Å². The van der Waals surface area contributed by atoms with Gasteiger partial charge in [-0.15, -0.1) is 0 Å². The van der Waals surface area contributed by atoms with Crippen LogP contribution in [0.3, 0.4) is 0 Å². The van der Waals surface area contributed by atoms with Gasteiger partial charge in [0.05, 0.1) is 29.8 Å². The summed E-state index contributed by atoms with van der Waals surface area (Å²) < 4.78 is 18.5. The number of rotatable bonds is 6. The van der Waals surface area contributed by atoms with Crippen LogP contribution in [0.4, 0.5) is 4.39 Å². The second kappa shape index (κ2) is 7.22. The number of carbonyl (C=O) groups excluding carboxylic acids is 2. The third kappa shape index (κ3) is 3.84. The van der Waals surface area contributed by atoms with Gasteiger partial charge in [0.15, 0.2) is 0 Å². The highest BCUT2D eigenvalue weighted by Crippen LogP contribution is 2.20. The Morgan fingerprint density at radius 3 is 3.11 bits per heavy atom. The third-order valence-corrected chi connectivity index (χ3v) is 4.67. The van der Waals surface area contributed by atoms with Gasteiger partial charge >= 0.3 is 0 Å². The Labute approximate surface area is 154 Å². The molecule has 2 N–H and O–H groups in total. The van der Waals surface area contributed by atoms with Crippen LogP contribution < -0.4 is 5.32 Å². The van der Waals surface area contributed by atoms with Crippen LogP contribution in [0.2, 0.25) is 0 Å². The van der Waals surface area contributed by atoms with E-state index in [2.05, 4.69) is 15.3 Å². The number of likely N-dealkylation sites (tertiary alicyclic amines) is 1. The van der Waals surface area contributed by atoms with E-state index in [4.69, 9.17) is 4.42 Å². The standard InChI is InChI=1S/C19H19FN4O3/c20-13-3-4-15-16(9-13)23-17(22-15)5-6-21-19(26)12-8-18(25)24(10-12)11-14-2-1-7-27-14/h1-4,7,9,12H,5-6,8,10-11H2,(H,21,26)(H,22,23). The first-order valence-corrected chi connectivity index (χ1v) is 8.80. The number of furan rings is 1. The van der Waals surface area contributed by atoms with Gasteiger partial charge in [0.1, 0.15) is 17.4 Å². The number of nitrogens with zero attached hydrogens (tertiary/aromatic N) is 2. The van der Waals surface area contributed by atoms with E-state index in [1.807, 2.05) is 0 Å². The van der Waals surface area contributed by atoms with Crippen molar-refractivity contribution in [2.24, 2.45) is 5.92 Å². The number of imidazole rings is 1. The number of fused-ring (bicyclic) bond motifs is 1. The average molecular weight is 370 g/mol. The van der Waals surface area contributed by atoms with Crippen LogP contribution in [0.15, 0.2) is 41.0 Å². The first-order valence-electron chi connectivity index (χ1n) is 8.80. The minimum absolute atomic E-state index is 0.0501. The van der Waals surface area contributed by atoms with Gasteiger partial charge in [0.2, 0.25) is 11.8 Å². The highest BCUT2D eigenvalue weighted by molar-refractivity contribution is 5.89. The maximum absolute atomic E-state index is 13.2. The number of aromatic nitrogens is 2. The van der Waals surface area contributed by atoms with E-state index in [0.29, 0.717) is 48.7 Å². The fourth-order valence-electron chi connectivity index (χ4n) is 3.29. The Morgan fingerprint density at radius 1 is 1.41 bits per heavy atom. The molecular formula is C19H19FN4O3. The quantitative estimate of drug-likeness (QED) is 0.694. The monoisotopic (exact) mass is 370 g/mol. The fourth-order valence-corrected chi connectivity index (χ4v) is 3.29. The summed E-state index contributed by atoms with van der Waals surface area (Å²) in [5.41, 5.74) is 1.32. The molecule has 1 aliphatic rings. The summed E-state index contributed by atoms with van der Waals surface area (Å²) in [6.45, 7) is 1.16. The van der Waals surface area contributed by atoms with Crippen molar-refractivity contribution in [1.29, 1.82) is 0 Å². The van der Waals surface area contributed by atoms with Gasteiger partial charge < -0.3 is 19.6 Å². The van der Waals surface area contributed by atoms with E-state index in [0.717, 1.165) is 0 Å². The van der Waals surface area contributed by atoms with Crippen LogP contribution in [0.1, 0.15) is 18.0 Å². The second-order valence-electron chi connectivity index (χ2n) is 6.64. The summed E-state index contributed by atoms with van der Waals surface area (Å²) in [6.07, 6.45) is 2.27. The van der Waals surface area contributed by atoms with E-state index in [1.54, 1.807) is 29.4 Å². The van der Waals surface area contributed by atoms with Gasteiger partial charge in [0, 0.05) is 25.9 Å². The number of H-pyrrole nitrogens is 1. The number of amides is 2. The maximum Gasteiger partial charge on any atom is 0.225 e. The summed E-state index contributed by atoms with van der Waals surface area (Å²) in [6, 6.07) is 7.94. The van der Waals surface area contributed by atoms with Crippen molar-refractivity contribution in [3.63, 3.8) is 0 Å². The Hall–Kier alpha value is -3.16. The number of aromatic amines is 1. The molecular weight excluding hydrogens is 351 g/mol. The van der Waals surface area contributed by atoms with Gasteiger partial charge in [-0.3, -0.25) is 9.59 Å². The molecule has 0 saturated carbocycles. The Bertz CT molecular complexity index is 967. The third-order valence-electron chi connectivity index (χ3n) is 4.67. The molecule has 1 atom stereocenters. The fraction of sp³-hybridized carbons (Fsp3) is 0.316. The zero-order valence-electron chi connectivity index (χ0n) is 14.6. The molecule has 7 nitrogen and oxygen atoms in total. The highest BCUT2D eigenvalue weighted by Gasteiger charge is 2.34. The van der Waals surface area contributed by atoms with Gasteiger partial charge in [-0.05, 0) is 30.3 Å². The Balaban J connectivity index is 1.28. The van der Waals surface area contributed by atoms with E-state index >= 15 is 0 Å². The average Bonchev–Trinajstić information content (AvgIpc) is 3.36. The number of carbonyl (C=O) groups is 2. The molecule has 1 fully saturated rings. The summed E-state index contributed by atoms with van der Waals surface area (Å²) >= 11 is 0. The molecule has 2 aromatic heterocycles. The van der Waals surface area contributed by atoms with Crippen LogP contribution in [-0.2, 0) is 22.6 Å². The second-order valence-corrected chi connectivity index (χ2v) is 6.64. The van der Waals surface area contributed by atoms with Crippen molar-refractivity contribution in [2.45, 2.75) is 19.4 Å². The molecule has 1 aromatic carbocycles. The molecule has 1 unspecified atom stereocenters. The van der Waals surface area contributed by atoms with E-state index < -0.39 is 0 Å². The Kier molecular flexibility index (Phi) is 4.62. The molecule has 8 heteroatoms. The summed E-state index contributed by atoms with van der Waals surface area (Å²) in [5, 5.41) is 2.85. The number of halogens is 1. The van der Waals surface area contributed by atoms with Crippen molar-refractivity contribution in [3.8, 4) is 0 Å². The molecule has 140 valence electrons. The van der Waals surface area contributed by atoms with Crippen LogP contribution in [0, 0.1) is 11.7 Å². The van der Waals surface area contributed by atoms with E-state index in [-0.39, 0.29) is 30.0 Å². The van der Waals surface area contributed by atoms with Gasteiger partial charge in [-0.1, -0.05) is 0 Å². The molecule has 0 bridgehead atoms. The number of nitrogens with one attached hydrogen (secondary N) is 2. The molecule has 0 spiro atoms. The lowest BCUT2D eigenvalue weighted by molar-refractivity contribution is -0.129. The van der Waals surface area contributed by atoms with Gasteiger partial charge in [-0.2, -0.15) is 0 Å². The maximum atomic E-state index is 13.2. The molecule has 0 aliphatic carbocycles. The zero-order valence-corrected chi connectivity index (χ0v) is 14.6. The van der Waals surface area contributed by atoms with Gasteiger partial charge in [-0.25, -0.2) is 9.37 Å². The van der Waals surface area contributed by atoms with E-state index in [1.165, 1.54) is 12.1 Å². The van der Waals surface area contributed by atoms with Crippen LogP contribution >= 0.6 is 0 Å². The molecule has 0 radical (unpaired) electrons. The molecule has 3 aromatic rings. The number of hydrogen-bond donors (Lipinski definition) is 2. The van der Waals surface area contributed by atoms with Crippen LogP contribution in [0.25, 0.3) is 11.0 Å². The zero-order chi connectivity index (χ0) is 18.8. The molecule has 3 heterocycles. The molecule has 2 amide bonds. The first-order chi connectivity index (χ1) is 13.1. The predicted octanol–water partition coefficient (Wildman–Crippen LogP) is 2.00. The van der Waals surface area contributed by atoms with Crippen molar-refractivity contribution >= 4 is 22.8 Å². The lowest BCUT2D eigenvalue weighted by Crippen LogP contribution is -2.34. The Morgan fingerprint density at radius 2 is 2.30 bits per heavy atom. The lowest BCUT2D eigenvalue weighted by atomic mass is 10.1. The lowest BCUT2D eigenvalue weighted by Gasteiger charge is -2.15. The topological polar surface area (TPSA) is 91.2 Å². The largest absolute Gasteiger partial charge is 0.467 e. The molecule has 1 saturated heterocycles. The SMILES string of the molecule is O=C(NCCc1nc2ccc(F)cc2[nH]1)C1CC(=O)N(Cc2ccco2)C1. The first kappa shape index (κ1) is 17.3. The molecule has 4 rings (SSSR count). The normalized spacial score (nSPS) is 17.0. The summed E-state index contributed by atoms with van der Waals surface area (Å²) in [5.74, 6) is 0.495. The van der Waals surface area contributed by atoms with Crippen molar-refractivity contribution < 1.29 is 18.4 Å². The van der Waals surface area contributed by atoms with E-state index in [9.17, 15) is 14.0 Å². The highest BCUT2D eigenvalue weighted by atomic mass is 19.1. The minimum atomic E-state index is -0.364. The number of hydrogen-bond acceptors (Lipinski definition) is 4. The van der Waals surface area contributed by atoms with Crippen molar-refractivity contribution in [2.75, 3.05) is 13.1 Å². The summed E-state index contributed by atoms with van der Waals surface area (Å²) in [4.78, 5) is 33.5. The van der Waals surface area contributed by atoms with Gasteiger partial charge in [0.25, 0.3) is 0 Å². The van der Waals surface area contributed by atoms with Crippen molar-refractivity contribution in [1.82, 2.24) is 20.2 Å². The van der Waals surface area contributed by atoms with Crippen LogP contribution in [-0.4, -0.2) is 39.8 Å². The number of benzene rings is 1.